The third-order valence-corrected chi connectivity index (χ3v) is 4.21. The van der Waals surface area contributed by atoms with E-state index in [4.69, 9.17) is 0 Å². The highest BCUT2D eigenvalue weighted by molar-refractivity contribution is 8.00. The summed E-state index contributed by atoms with van der Waals surface area (Å²) in [7, 11) is 0. The second-order valence-electron chi connectivity index (χ2n) is 4.53. The molecule has 0 aliphatic heterocycles. The van der Waals surface area contributed by atoms with Gasteiger partial charge in [0.2, 0.25) is 0 Å². The van der Waals surface area contributed by atoms with E-state index in [2.05, 4.69) is 6.58 Å². The van der Waals surface area contributed by atoms with Gasteiger partial charge in [0.15, 0.2) is 0 Å². The number of hydrogen-bond acceptors (Lipinski definition) is 2. The van der Waals surface area contributed by atoms with Crippen molar-refractivity contribution in [1.29, 1.82) is 0 Å². The smallest absolute Gasteiger partial charge is 0.316 e. The van der Waals surface area contributed by atoms with Gasteiger partial charge in [-0.2, -0.15) is 0 Å². The van der Waals surface area contributed by atoms with Gasteiger partial charge in [-0.25, -0.2) is 0 Å². The first-order valence-corrected chi connectivity index (χ1v) is 7.78. The van der Waals surface area contributed by atoms with Gasteiger partial charge in [-0.15, -0.1) is 18.3 Å². The third-order valence-electron chi connectivity index (χ3n) is 2.91. The Bertz CT molecular complexity index is 376. The maximum atomic E-state index is 11.2. The minimum Gasteiger partial charge on any atom is -0.480 e. The molecule has 0 saturated heterocycles. The highest BCUT2D eigenvalue weighted by atomic mass is 32.2. The molecular weight excluding hydrogens is 256 g/mol. The highest BCUT2D eigenvalue weighted by Gasteiger charge is 2.17. The van der Waals surface area contributed by atoms with Gasteiger partial charge in [0, 0.05) is 0 Å². The lowest BCUT2D eigenvalue weighted by atomic mass is 10.1. The predicted octanol–water partition coefficient (Wildman–Crippen LogP) is 4.16. The number of carboxylic acid groups (broad SMARTS) is 1. The van der Waals surface area contributed by atoms with E-state index in [0.717, 1.165) is 37.0 Å². The van der Waals surface area contributed by atoms with Crippen molar-refractivity contribution in [2.24, 2.45) is 0 Å². The van der Waals surface area contributed by atoms with Crippen LogP contribution >= 0.6 is 11.8 Å². The molecule has 3 heteroatoms. The molecule has 0 aliphatic rings. The summed E-state index contributed by atoms with van der Waals surface area (Å²) in [4.78, 5) is 11.2. The van der Waals surface area contributed by atoms with Gasteiger partial charge < -0.3 is 5.11 Å². The van der Waals surface area contributed by atoms with Gasteiger partial charge in [0.1, 0.15) is 5.25 Å². The number of allylic oxidation sites excluding steroid dienone is 1. The fraction of sp³-hybridized carbons (Fsp3) is 0.438. The van der Waals surface area contributed by atoms with Gasteiger partial charge in [0.25, 0.3) is 0 Å². The van der Waals surface area contributed by atoms with Gasteiger partial charge >= 0.3 is 5.97 Å². The van der Waals surface area contributed by atoms with E-state index in [1.165, 1.54) is 0 Å². The molecule has 1 N–H and O–H groups in total. The van der Waals surface area contributed by atoms with Gasteiger partial charge in [-0.1, -0.05) is 42.8 Å². The molecule has 0 aliphatic carbocycles. The first kappa shape index (κ1) is 15.8. The number of aliphatic carboxylic acids is 1. The summed E-state index contributed by atoms with van der Waals surface area (Å²) in [6, 6.07) is 9.83. The molecule has 0 radical (unpaired) electrons. The molecule has 0 amide bonds. The average Bonchev–Trinajstić information content (AvgIpc) is 2.42. The van der Waals surface area contributed by atoms with Gasteiger partial charge in [-0.3, -0.25) is 4.79 Å². The van der Waals surface area contributed by atoms with Crippen molar-refractivity contribution in [3.63, 3.8) is 0 Å². The number of hydrogen-bond donors (Lipinski definition) is 1. The zero-order chi connectivity index (χ0) is 13.9. The molecule has 1 aromatic carbocycles. The summed E-state index contributed by atoms with van der Waals surface area (Å²) in [5.74, 6) is 0.209. The molecule has 2 nitrogen and oxygen atoms in total. The van der Waals surface area contributed by atoms with Gasteiger partial charge in [-0.05, 0) is 37.0 Å². The summed E-state index contributed by atoms with van der Waals surface area (Å²) in [5.41, 5.74) is 1.09. The van der Waals surface area contributed by atoms with Crippen LogP contribution in [-0.4, -0.2) is 22.1 Å². The van der Waals surface area contributed by atoms with Gasteiger partial charge in [0.05, 0.1) is 0 Å². The van der Waals surface area contributed by atoms with Crippen LogP contribution in [0.25, 0.3) is 0 Å². The minimum absolute atomic E-state index is 0.332. The van der Waals surface area contributed by atoms with Crippen molar-refractivity contribution in [2.45, 2.75) is 37.4 Å². The standard InChI is InChI=1S/C16H22O2S/c1-2-3-4-5-9-12-19-15(16(17)18)13-14-10-7-6-8-11-14/h2,6-8,10-11,15H,1,3-5,9,12-13H2,(H,17,18). The molecule has 1 rings (SSSR count). The van der Waals surface area contributed by atoms with E-state index >= 15 is 0 Å². The van der Waals surface area contributed by atoms with Crippen LogP contribution in [0.15, 0.2) is 43.0 Å². The van der Waals surface area contributed by atoms with Crippen molar-refractivity contribution in [2.75, 3.05) is 5.75 Å². The monoisotopic (exact) mass is 278 g/mol. The van der Waals surface area contributed by atoms with Crippen LogP contribution < -0.4 is 0 Å². The summed E-state index contributed by atoms with van der Waals surface area (Å²) in [5, 5.41) is 8.91. The zero-order valence-electron chi connectivity index (χ0n) is 11.3. The Morgan fingerprint density at radius 2 is 2.00 bits per heavy atom. The fourth-order valence-corrected chi connectivity index (χ4v) is 2.95. The van der Waals surface area contributed by atoms with Crippen molar-refractivity contribution < 1.29 is 9.90 Å². The molecule has 104 valence electrons. The summed E-state index contributed by atoms with van der Waals surface area (Å²) in [6.07, 6.45) is 6.97. The first-order chi connectivity index (χ1) is 9.24. The molecule has 0 heterocycles. The number of thioether (sulfide) groups is 1. The zero-order valence-corrected chi connectivity index (χ0v) is 12.1. The predicted molar refractivity (Wildman–Crippen MR) is 82.7 cm³/mol. The molecule has 0 fully saturated rings. The minimum atomic E-state index is -0.708. The molecule has 1 unspecified atom stereocenters. The first-order valence-electron chi connectivity index (χ1n) is 6.73. The lowest BCUT2D eigenvalue weighted by Crippen LogP contribution is -2.19. The molecule has 0 saturated carbocycles. The van der Waals surface area contributed by atoms with E-state index in [0.29, 0.717) is 6.42 Å². The summed E-state index contributed by atoms with van der Waals surface area (Å²) >= 11 is 1.56. The third kappa shape index (κ3) is 7.06. The fourth-order valence-electron chi connectivity index (χ4n) is 1.84. The topological polar surface area (TPSA) is 37.3 Å². The van der Waals surface area contributed by atoms with E-state index in [-0.39, 0.29) is 5.25 Å². The van der Waals surface area contributed by atoms with Crippen molar-refractivity contribution >= 4 is 17.7 Å². The number of unbranched alkanes of at least 4 members (excludes halogenated alkanes) is 3. The van der Waals surface area contributed by atoms with Crippen LogP contribution in [0.2, 0.25) is 0 Å². The molecular formula is C16H22O2S. The van der Waals surface area contributed by atoms with Crippen LogP contribution in [0.4, 0.5) is 0 Å². The molecule has 0 bridgehead atoms. The summed E-state index contributed by atoms with van der Waals surface area (Å²) in [6.45, 7) is 3.69. The Kier molecular flexibility index (Phi) is 8.07. The second kappa shape index (κ2) is 9.68. The number of rotatable bonds is 10. The quantitative estimate of drug-likeness (QED) is 0.516. The largest absolute Gasteiger partial charge is 0.480 e. The molecule has 1 atom stereocenters. The van der Waals surface area contributed by atoms with E-state index in [9.17, 15) is 9.90 Å². The van der Waals surface area contributed by atoms with Crippen LogP contribution in [0.3, 0.4) is 0 Å². The molecule has 0 aromatic heterocycles. The number of benzene rings is 1. The Hall–Kier alpha value is -1.22. The molecule has 1 aromatic rings. The van der Waals surface area contributed by atoms with Crippen molar-refractivity contribution in [3.05, 3.63) is 48.6 Å². The van der Waals surface area contributed by atoms with Crippen molar-refractivity contribution in [3.8, 4) is 0 Å². The normalized spacial score (nSPS) is 12.0. The Balaban J connectivity index is 2.29. The van der Waals surface area contributed by atoms with Crippen LogP contribution in [0.5, 0.6) is 0 Å². The Morgan fingerprint density at radius 1 is 1.26 bits per heavy atom. The lowest BCUT2D eigenvalue weighted by molar-refractivity contribution is -0.136. The van der Waals surface area contributed by atoms with Crippen LogP contribution in [0, 0.1) is 0 Å². The van der Waals surface area contributed by atoms with Crippen molar-refractivity contribution in [1.82, 2.24) is 0 Å². The highest BCUT2D eigenvalue weighted by Crippen LogP contribution is 2.19. The van der Waals surface area contributed by atoms with E-state index in [1.54, 1.807) is 11.8 Å². The van der Waals surface area contributed by atoms with E-state index < -0.39 is 5.97 Å². The molecule has 0 spiro atoms. The number of carbonyl (C=O) groups is 1. The lowest BCUT2D eigenvalue weighted by Gasteiger charge is -2.12. The maximum Gasteiger partial charge on any atom is 0.316 e. The average molecular weight is 278 g/mol. The summed E-state index contributed by atoms with van der Waals surface area (Å²) < 4.78 is 0. The number of carboxylic acids is 1. The molecule has 19 heavy (non-hydrogen) atoms. The SMILES string of the molecule is C=CCCCCCSC(Cc1ccccc1)C(=O)O. The maximum absolute atomic E-state index is 11.2. The van der Waals surface area contributed by atoms with Crippen LogP contribution in [-0.2, 0) is 11.2 Å². The Labute approximate surface area is 119 Å². The Morgan fingerprint density at radius 3 is 2.63 bits per heavy atom. The van der Waals surface area contributed by atoms with Crippen LogP contribution in [0.1, 0.15) is 31.2 Å². The second-order valence-corrected chi connectivity index (χ2v) is 5.84. The van der Waals surface area contributed by atoms with E-state index in [1.807, 2.05) is 36.4 Å².